The number of hydrogen-bond donors (Lipinski definition) is 0. The highest BCUT2D eigenvalue weighted by Crippen LogP contribution is 2.34. The summed E-state index contributed by atoms with van der Waals surface area (Å²) in [6.45, 7) is 0. The van der Waals surface area contributed by atoms with Crippen LogP contribution in [0, 0.1) is 11.8 Å². The Kier molecular flexibility index (Phi) is 4.02. The highest BCUT2D eigenvalue weighted by Gasteiger charge is 2.35. The van der Waals surface area contributed by atoms with E-state index in [9.17, 15) is 9.59 Å². The van der Waals surface area contributed by atoms with E-state index < -0.39 is 5.24 Å². The van der Waals surface area contributed by atoms with Gasteiger partial charge in [-0.3, -0.25) is 9.59 Å². The zero-order valence-corrected chi connectivity index (χ0v) is 9.07. The Bertz CT molecular complexity index is 229. The molecule has 0 spiro atoms. The van der Waals surface area contributed by atoms with E-state index >= 15 is 0 Å². The number of rotatable bonds is 2. The van der Waals surface area contributed by atoms with Gasteiger partial charge in [0.15, 0.2) is 0 Å². The second-order valence-electron chi connectivity index (χ2n) is 3.24. The van der Waals surface area contributed by atoms with Crippen LogP contribution in [0.2, 0.25) is 0 Å². The zero-order valence-electron chi connectivity index (χ0n) is 6.80. The summed E-state index contributed by atoms with van der Waals surface area (Å²) in [5, 5.41) is -1.14. The lowest BCUT2D eigenvalue weighted by molar-refractivity contribution is -0.119. The van der Waals surface area contributed by atoms with Gasteiger partial charge in [-0.2, -0.15) is 0 Å². The number of hydrogen-bond acceptors (Lipinski definition) is 2. The van der Waals surface area contributed by atoms with E-state index in [2.05, 4.69) is 0 Å². The maximum Gasteiger partial charge on any atom is 0.226 e. The van der Waals surface area contributed by atoms with Gasteiger partial charge in [-0.1, -0.05) is 0 Å². The monoisotopic (exact) mass is 242 g/mol. The second kappa shape index (κ2) is 4.63. The van der Waals surface area contributed by atoms with Crippen LogP contribution in [0.25, 0.3) is 0 Å². The van der Waals surface area contributed by atoms with Crippen molar-refractivity contribution in [3.05, 3.63) is 0 Å². The first-order valence-corrected chi connectivity index (χ1v) is 5.24. The van der Waals surface area contributed by atoms with Gasteiger partial charge in [0, 0.05) is 17.2 Å². The van der Waals surface area contributed by atoms with Crippen LogP contribution in [-0.4, -0.2) is 15.9 Å². The average molecular weight is 244 g/mol. The maximum absolute atomic E-state index is 10.8. The minimum Gasteiger partial charge on any atom is -0.281 e. The minimum absolute atomic E-state index is 0.212. The lowest BCUT2D eigenvalue weighted by atomic mass is 9.83. The van der Waals surface area contributed by atoms with E-state index in [1.165, 1.54) is 0 Å². The smallest absolute Gasteiger partial charge is 0.226 e. The molecular formula is C8H9Cl3O2. The van der Waals surface area contributed by atoms with Crippen LogP contribution in [-0.2, 0) is 9.59 Å². The summed E-state index contributed by atoms with van der Waals surface area (Å²) >= 11 is 16.6. The second-order valence-corrected chi connectivity index (χ2v) is 4.55. The van der Waals surface area contributed by atoms with Gasteiger partial charge in [-0.05, 0) is 42.5 Å². The van der Waals surface area contributed by atoms with Crippen molar-refractivity contribution in [1.82, 2.24) is 0 Å². The van der Waals surface area contributed by atoms with Gasteiger partial charge < -0.3 is 0 Å². The minimum atomic E-state index is -0.416. The first kappa shape index (κ1) is 11.3. The van der Waals surface area contributed by atoms with Crippen LogP contribution < -0.4 is 0 Å². The molecule has 1 saturated carbocycles. The zero-order chi connectivity index (χ0) is 10.0. The van der Waals surface area contributed by atoms with Crippen LogP contribution in [0.1, 0.15) is 19.3 Å². The van der Waals surface area contributed by atoms with Crippen LogP contribution in [0.15, 0.2) is 0 Å². The van der Waals surface area contributed by atoms with E-state index in [4.69, 9.17) is 34.8 Å². The molecule has 0 amide bonds. The van der Waals surface area contributed by atoms with Gasteiger partial charge in [0.25, 0.3) is 0 Å². The van der Waals surface area contributed by atoms with Crippen LogP contribution in [0.3, 0.4) is 0 Å². The molecule has 0 saturated heterocycles. The van der Waals surface area contributed by atoms with E-state index in [1.807, 2.05) is 0 Å². The fourth-order valence-electron chi connectivity index (χ4n) is 1.58. The molecule has 0 radical (unpaired) electrons. The maximum atomic E-state index is 10.8. The molecule has 5 heteroatoms. The largest absolute Gasteiger partial charge is 0.281 e. The predicted molar refractivity (Wildman–Crippen MR) is 52.2 cm³/mol. The van der Waals surface area contributed by atoms with Crippen molar-refractivity contribution in [3.63, 3.8) is 0 Å². The van der Waals surface area contributed by atoms with Gasteiger partial charge in [-0.25, -0.2) is 0 Å². The molecule has 0 aromatic rings. The van der Waals surface area contributed by atoms with E-state index in [0.717, 1.165) is 0 Å². The first-order valence-electron chi connectivity index (χ1n) is 4.05. The molecule has 1 aliphatic rings. The van der Waals surface area contributed by atoms with Crippen molar-refractivity contribution < 1.29 is 9.59 Å². The molecule has 0 N–H and O–H groups in total. The Morgan fingerprint density at radius 2 is 1.69 bits per heavy atom. The summed E-state index contributed by atoms with van der Waals surface area (Å²) in [7, 11) is 0. The van der Waals surface area contributed by atoms with Crippen molar-refractivity contribution in [2.24, 2.45) is 11.8 Å². The number of carbonyl (C=O) groups excluding carboxylic acids is 2. The molecule has 74 valence electrons. The number of halogens is 3. The Morgan fingerprint density at radius 1 is 1.08 bits per heavy atom. The molecule has 0 bridgehead atoms. The van der Waals surface area contributed by atoms with Gasteiger partial charge in [-0.15, -0.1) is 11.6 Å². The lowest BCUT2D eigenvalue weighted by Gasteiger charge is -2.28. The molecule has 1 rings (SSSR count). The molecule has 2 nitrogen and oxygen atoms in total. The third-order valence-electron chi connectivity index (χ3n) is 2.38. The molecule has 0 aromatic carbocycles. The third kappa shape index (κ3) is 2.83. The van der Waals surface area contributed by atoms with Crippen molar-refractivity contribution >= 4 is 45.3 Å². The van der Waals surface area contributed by atoms with E-state index in [-0.39, 0.29) is 22.5 Å². The fraction of sp³-hybridized carbons (Fsp3) is 0.750. The van der Waals surface area contributed by atoms with Gasteiger partial charge in [0.2, 0.25) is 10.5 Å². The quantitative estimate of drug-likeness (QED) is 0.552. The van der Waals surface area contributed by atoms with E-state index in [0.29, 0.717) is 19.3 Å². The normalized spacial score (nSPS) is 34.2. The molecule has 0 aromatic heterocycles. The Morgan fingerprint density at radius 3 is 2.08 bits per heavy atom. The van der Waals surface area contributed by atoms with Crippen molar-refractivity contribution in [2.45, 2.75) is 24.6 Å². The summed E-state index contributed by atoms with van der Waals surface area (Å²) < 4.78 is 0. The van der Waals surface area contributed by atoms with Gasteiger partial charge in [0.1, 0.15) is 0 Å². The van der Waals surface area contributed by atoms with Crippen molar-refractivity contribution in [3.8, 4) is 0 Å². The SMILES string of the molecule is O=C(Cl)C1CCC(C(=O)Cl)C(Cl)C1. The molecule has 0 heterocycles. The standard InChI is InChI=1S/C8H9Cl3O2/c9-6-3-4(7(10)12)1-2-5(6)8(11)13/h4-6H,1-3H2. The topological polar surface area (TPSA) is 34.1 Å². The van der Waals surface area contributed by atoms with Gasteiger partial charge >= 0.3 is 0 Å². The van der Waals surface area contributed by atoms with Crippen LogP contribution in [0.5, 0.6) is 0 Å². The summed E-state index contributed by atoms with van der Waals surface area (Å²) in [6.07, 6.45) is 1.61. The molecule has 1 fully saturated rings. The van der Waals surface area contributed by atoms with E-state index in [1.54, 1.807) is 0 Å². The Hall–Kier alpha value is 0.210. The van der Waals surface area contributed by atoms with Gasteiger partial charge in [0.05, 0.1) is 0 Å². The molecular weight excluding hydrogens is 234 g/mol. The number of alkyl halides is 1. The summed E-state index contributed by atoms with van der Waals surface area (Å²) in [4.78, 5) is 21.7. The number of carbonyl (C=O) groups is 2. The molecule has 3 atom stereocenters. The third-order valence-corrected chi connectivity index (χ3v) is 3.46. The average Bonchev–Trinajstić information content (AvgIpc) is 2.03. The summed E-state index contributed by atoms with van der Waals surface area (Å²) in [5.74, 6) is -0.535. The summed E-state index contributed by atoms with van der Waals surface area (Å²) in [5.41, 5.74) is 0. The summed E-state index contributed by atoms with van der Waals surface area (Å²) in [6, 6.07) is 0. The predicted octanol–water partition coefficient (Wildman–Crippen LogP) is 2.54. The fourth-order valence-corrected chi connectivity index (χ4v) is 2.56. The lowest BCUT2D eigenvalue weighted by Crippen LogP contribution is -2.31. The molecule has 13 heavy (non-hydrogen) atoms. The highest BCUT2D eigenvalue weighted by atomic mass is 35.5. The van der Waals surface area contributed by atoms with Crippen LogP contribution >= 0.6 is 34.8 Å². The Labute approximate surface area is 91.5 Å². The first-order chi connectivity index (χ1) is 6.02. The van der Waals surface area contributed by atoms with Crippen molar-refractivity contribution in [1.29, 1.82) is 0 Å². The molecule has 0 aliphatic heterocycles. The Balaban J connectivity index is 2.56. The molecule has 3 unspecified atom stereocenters. The van der Waals surface area contributed by atoms with Crippen LogP contribution in [0.4, 0.5) is 0 Å². The van der Waals surface area contributed by atoms with Crippen molar-refractivity contribution in [2.75, 3.05) is 0 Å². The highest BCUT2D eigenvalue weighted by molar-refractivity contribution is 6.65. The molecule has 1 aliphatic carbocycles.